The number of amides is 1. The van der Waals surface area contributed by atoms with Crippen LogP contribution in [0.3, 0.4) is 0 Å². The molecule has 0 aliphatic rings. The van der Waals surface area contributed by atoms with E-state index in [1.165, 1.54) is 12.3 Å². The second-order valence-electron chi connectivity index (χ2n) is 6.08. The molecule has 2 aromatic rings. The van der Waals surface area contributed by atoms with Crippen LogP contribution in [-0.2, 0) is 11.3 Å². The normalized spacial score (nSPS) is 10.5. The zero-order chi connectivity index (χ0) is 18.1. The fourth-order valence-electron chi connectivity index (χ4n) is 2.03. The SMILES string of the molecule is CC(C)COc1c[nH]c(CNC(=O)CCOc2ccccc2)cc1=O. The van der Waals surface area contributed by atoms with Crippen molar-refractivity contribution in [3.8, 4) is 11.5 Å². The second-order valence-corrected chi connectivity index (χ2v) is 6.08. The smallest absolute Gasteiger partial charge is 0.223 e. The van der Waals surface area contributed by atoms with E-state index >= 15 is 0 Å². The number of nitrogens with one attached hydrogen (secondary N) is 2. The van der Waals surface area contributed by atoms with Crippen molar-refractivity contribution in [1.29, 1.82) is 0 Å². The lowest BCUT2D eigenvalue weighted by atomic mass is 10.2. The van der Waals surface area contributed by atoms with Gasteiger partial charge in [0.25, 0.3) is 0 Å². The van der Waals surface area contributed by atoms with Crippen LogP contribution in [0, 0.1) is 5.92 Å². The van der Waals surface area contributed by atoms with Gasteiger partial charge in [0.1, 0.15) is 5.75 Å². The monoisotopic (exact) mass is 344 g/mol. The minimum absolute atomic E-state index is 0.142. The van der Waals surface area contributed by atoms with Crippen LogP contribution in [0.25, 0.3) is 0 Å². The van der Waals surface area contributed by atoms with Crippen molar-refractivity contribution < 1.29 is 14.3 Å². The van der Waals surface area contributed by atoms with Crippen LogP contribution in [0.5, 0.6) is 11.5 Å². The molecular formula is C19H24N2O4. The summed E-state index contributed by atoms with van der Waals surface area (Å²) in [5.41, 5.74) is 0.426. The molecule has 0 radical (unpaired) electrons. The largest absolute Gasteiger partial charge is 0.493 e. The van der Waals surface area contributed by atoms with Crippen LogP contribution in [0.2, 0.25) is 0 Å². The molecule has 0 aliphatic heterocycles. The molecule has 0 atom stereocenters. The fraction of sp³-hybridized carbons (Fsp3) is 0.368. The van der Waals surface area contributed by atoms with Crippen LogP contribution in [-0.4, -0.2) is 24.1 Å². The van der Waals surface area contributed by atoms with Gasteiger partial charge in [-0.25, -0.2) is 0 Å². The Morgan fingerprint density at radius 1 is 1.20 bits per heavy atom. The summed E-state index contributed by atoms with van der Waals surface area (Å²) in [7, 11) is 0. The third-order valence-electron chi connectivity index (χ3n) is 3.33. The van der Waals surface area contributed by atoms with Crippen molar-refractivity contribution in [2.45, 2.75) is 26.8 Å². The van der Waals surface area contributed by atoms with Gasteiger partial charge in [0.05, 0.1) is 26.2 Å². The molecule has 6 nitrogen and oxygen atoms in total. The molecular weight excluding hydrogens is 320 g/mol. The standard InChI is InChI=1S/C19H24N2O4/c1-14(2)13-25-18-12-20-15(10-17(18)22)11-21-19(23)8-9-24-16-6-4-3-5-7-16/h3-7,10,12,14H,8-9,11,13H2,1-2H3,(H,20,22)(H,21,23). The summed E-state index contributed by atoms with van der Waals surface area (Å²) < 4.78 is 10.9. The predicted molar refractivity (Wildman–Crippen MR) is 95.8 cm³/mol. The lowest BCUT2D eigenvalue weighted by Gasteiger charge is -2.09. The maximum absolute atomic E-state index is 11.9. The molecule has 0 bridgehead atoms. The average molecular weight is 344 g/mol. The highest BCUT2D eigenvalue weighted by atomic mass is 16.5. The molecule has 2 rings (SSSR count). The molecule has 0 saturated carbocycles. The number of pyridine rings is 1. The van der Waals surface area contributed by atoms with E-state index in [0.717, 1.165) is 5.75 Å². The van der Waals surface area contributed by atoms with Crippen molar-refractivity contribution in [2.24, 2.45) is 5.92 Å². The zero-order valence-electron chi connectivity index (χ0n) is 14.6. The first-order valence-corrected chi connectivity index (χ1v) is 8.33. The highest BCUT2D eigenvalue weighted by Gasteiger charge is 2.06. The molecule has 1 aromatic carbocycles. The Kier molecular flexibility index (Phi) is 7.07. The van der Waals surface area contributed by atoms with Crippen molar-refractivity contribution in [1.82, 2.24) is 10.3 Å². The van der Waals surface area contributed by atoms with Crippen LogP contribution in [0.4, 0.5) is 0 Å². The maximum Gasteiger partial charge on any atom is 0.223 e. The molecule has 0 aliphatic carbocycles. The molecule has 134 valence electrons. The highest BCUT2D eigenvalue weighted by molar-refractivity contribution is 5.75. The molecule has 1 heterocycles. The van der Waals surface area contributed by atoms with Gasteiger partial charge in [0.2, 0.25) is 11.3 Å². The highest BCUT2D eigenvalue weighted by Crippen LogP contribution is 2.08. The first-order valence-electron chi connectivity index (χ1n) is 8.33. The number of carbonyl (C=O) groups excluding carboxylic acids is 1. The van der Waals surface area contributed by atoms with Gasteiger partial charge in [-0.15, -0.1) is 0 Å². The van der Waals surface area contributed by atoms with Gasteiger partial charge in [-0.3, -0.25) is 9.59 Å². The van der Waals surface area contributed by atoms with E-state index in [0.29, 0.717) is 30.6 Å². The molecule has 0 spiro atoms. The Morgan fingerprint density at radius 3 is 2.64 bits per heavy atom. The van der Waals surface area contributed by atoms with E-state index in [-0.39, 0.29) is 24.3 Å². The van der Waals surface area contributed by atoms with Crippen molar-refractivity contribution in [3.63, 3.8) is 0 Å². The summed E-state index contributed by atoms with van der Waals surface area (Å²) in [6, 6.07) is 10.8. The van der Waals surface area contributed by atoms with E-state index in [1.54, 1.807) is 0 Å². The van der Waals surface area contributed by atoms with E-state index < -0.39 is 0 Å². The maximum atomic E-state index is 11.9. The van der Waals surface area contributed by atoms with Gasteiger partial charge in [-0.1, -0.05) is 32.0 Å². The van der Waals surface area contributed by atoms with E-state index in [1.807, 2.05) is 44.2 Å². The number of hydrogen-bond acceptors (Lipinski definition) is 4. The van der Waals surface area contributed by atoms with Gasteiger partial charge in [0, 0.05) is 18.0 Å². The number of aromatic nitrogens is 1. The van der Waals surface area contributed by atoms with Crippen molar-refractivity contribution in [2.75, 3.05) is 13.2 Å². The van der Waals surface area contributed by atoms with Crippen LogP contribution in [0.1, 0.15) is 26.0 Å². The number of hydrogen-bond donors (Lipinski definition) is 2. The minimum Gasteiger partial charge on any atom is -0.493 e. The fourth-order valence-corrected chi connectivity index (χ4v) is 2.03. The summed E-state index contributed by atoms with van der Waals surface area (Å²) in [4.78, 5) is 26.7. The van der Waals surface area contributed by atoms with Gasteiger partial charge in [-0.05, 0) is 18.1 Å². The number of aromatic amines is 1. The third kappa shape index (κ3) is 6.71. The number of carbonyl (C=O) groups is 1. The molecule has 0 saturated heterocycles. The molecule has 6 heteroatoms. The summed E-state index contributed by atoms with van der Waals surface area (Å²) >= 11 is 0. The first-order chi connectivity index (χ1) is 12.0. The van der Waals surface area contributed by atoms with Gasteiger partial charge in [0.15, 0.2) is 5.75 Å². The quantitative estimate of drug-likeness (QED) is 0.732. The molecule has 2 N–H and O–H groups in total. The van der Waals surface area contributed by atoms with Crippen LogP contribution >= 0.6 is 0 Å². The zero-order valence-corrected chi connectivity index (χ0v) is 14.6. The summed E-state index contributed by atoms with van der Waals surface area (Å²) in [5, 5.41) is 2.75. The van der Waals surface area contributed by atoms with Crippen molar-refractivity contribution in [3.05, 3.63) is 58.5 Å². The lowest BCUT2D eigenvalue weighted by Crippen LogP contribution is -2.25. The van der Waals surface area contributed by atoms with Crippen LogP contribution < -0.4 is 20.2 Å². The van der Waals surface area contributed by atoms with Crippen molar-refractivity contribution >= 4 is 5.91 Å². The Labute approximate surface area is 147 Å². The summed E-state index contributed by atoms with van der Waals surface area (Å²) in [6.07, 6.45) is 1.78. The van der Waals surface area contributed by atoms with E-state index in [2.05, 4.69) is 10.3 Å². The Bertz CT molecular complexity index is 726. The van der Waals surface area contributed by atoms with E-state index in [4.69, 9.17) is 9.47 Å². The summed E-state index contributed by atoms with van der Waals surface area (Å²) in [6.45, 7) is 5.07. The third-order valence-corrected chi connectivity index (χ3v) is 3.33. The number of H-pyrrole nitrogens is 1. The van der Waals surface area contributed by atoms with Crippen LogP contribution in [0.15, 0.2) is 47.4 Å². The Hall–Kier alpha value is -2.76. The molecule has 25 heavy (non-hydrogen) atoms. The van der Waals surface area contributed by atoms with Gasteiger partial charge in [-0.2, -0.15) is 0 Å². The lowest BCUT2D eigenvalue weighted by molar-refractivity contribution is -0.121. The Morgan fingerprint density at radius 2 is 1.96 bits per heavy atom. The number of para-hydroxylation sites is 1. The number of benzene rings is 1. The van der Waals surface area contributed by atoms with E-state index in [9.17, 15) is 9.59 Å². The van der Waals surface area contributed by atoms with Gasteiger partial charge >= 0.3 is 0 Å². The molecule has 1 amide bonds. The number of rotatable bonds is 9. The Balaban J connectivity index is 1.74. The average Bonchev–Trinajstić information content (AvgIpc) is 2.60. The molecule has 0 unspecified atom stereocenters. The predicted octanol–water partition coefficient (Wildman–Crippen LogP) is 2.50. The second kappa shape index (κ2) is 9.52. The molecule has 0 fully saturated rings. The topological polar surface area (TPSA) is 80.4 Å². The summed E-state index contributed by atoms with van der Waals surface area (Å²) in [5.74, 6) is 1.23. The van der Waals surface area contributed by atoms with Gasteiger partial charge < -0.3 is 19.8 Å². The number of ether oxygens (including phenoxy) is 2. The molecule has 1 aromatic heterocycles. The minimum atomic E-state index is -0.198. The first kappa shape index (κ1) is 18.6.